The van der Waals surface area contributed by atoms with Gasteiger partial charge in [-0.1, -0.05) is 32.9 Å². The number of carboxylic acid groups (broad SMARTS) is 1. The van der Waals surface area contributed by atoms with Crippen molar-refractivity contribution in [2.45, 2.75) is 33.7 Å². The van der Waals surface area contributed by atoms with Crippen molar-refractivity contribution in [2.75, 3.05) is 18.8 Å². The number of hydrogen-bond acceptors (Lipinski definition) is 3. The van der Waals surface area contributed by atoms with Gasteiger partial charge in [0.25, 0.3) is 0 Å². The number of nitrogen functional groups attached to an aromatic ring is 1. The molecule has 0 radical (unpaired) electrons. The molecule has 1 aliphatic rings. The minimum Gasteiger partial charge on any atom is -0.478 e. The van der Waals surface area contributed by atoms with E-state index in [0.717, 1.165) is 18.7 Å². The summed E-state index contributed by atoms with van der Waals surface area (Å²) in [5, 5.41) is 9.30. The lowest BCUT2D eigenvalue weighted by molar-refractivity contribution is 0.0695. The van der Waals surface area contributed by atoms with Crippen LogP contribution in [0.1, 0.15) is 43.1 Å². The third-order valence-electron chi connectivity index (χ3n) is 4.29. The van der Waals surface area contributed by atoms with Crippen LogP contribution in [0.4, 0.5) is 5.69 Å². The van der Waals surface area contributed by atoms with Crippen molar-refractivity contribution in [3.05, 3.63) is 29.3 Å². The van der Waals surface area contributed by atoms with Crippen LogP contribution in [0.15, 0.2) is 18.2 Å². The molecule has 1 aromatic rings. The first-order valence-corrected chi connectivity index (χ1v) is 7.12. The average Bonchev–Trinajstić information content (AvgIpc) is 2.76. The van der Waals surface area contributed by atoms with Crippen molar-refractivity contribution in [3.8, 4) is 0 Å². The minimum absolute atomic E-state index is 0.256. The van der Waals surface area contributed by atoms with Gasteiger partial charge in [0.1, 0.15) is 0 Å². The zero-order valence-electron chi connectivity index (χ0n) is 12.5. The van der Waals surface area contributed by atoms with Crippen LogP contribution >= 0.6 is 0 Å². The predicted molar refractivity (Wildman–Crippen MR) is 80.7 cm³/mol. The van der Waals surface area contributed by atoms with E-state index in [-0.39, 0.29) is 5.56 Å². The summed E-state index contributed by atoms with van der Waals surface area (Å²) in [6, 6.07) is 5.34. The Morgan fingerprint density at radius 2 is 2.15 bits per heavy atom. The number of hydrogen-bond donors (Lipinski definition) is 2. The fourth-order valence-corrected chi connectivity index (χ4v) is 2.94. The van der Waals surface area contributed by atoms with Crippen molar-refractivity contribution in [1.82, 2.24) is 4.90 Å². The molecule has 0 aromatic heterocycles. The first-order valence-electron chi connectivity index (χ1n) is 7.12. The molecule has 2 rings (SSSR count). The second kappa shape index (κ2) is 5.44. The first kappa shape index (κ1) is 14.9. The Balaban J connectivity index is 2.13. The second-order valence-electron chi connectivity index (χ2n) is 6.77. The van der Waals surface area contributed by atoms with Crippen LogP contribution in [0, 0.1) is 11.3 Å². The van der Waals surface area contributed by atoms with Gasteiger partial charge < -0.3 is 10.8 Å². The van der Waals surface area contributed by atoms with E-state index < -0.39 is 5.97 Å². The molecule has 110 valence electrons. The highest BCUT2D eigenvalue weighted by atomic mass is 16.4. The van der Waals surface area contributed by atoms with Crippen LogP contribution in [0.25, 0.3) is 0 Å². The summed E-state index contributed by atoms with van der Waals surface area (Å²) in [7, 11) is 0. The molecule has 1 atom stereocenters. The zero-order chi connectivity index (χ0) is 14.9. The smallest absolute Gasteiger partial charge is 0.338 e. The fraction of sp³-hybridized carbons (Fsp3) is 0.562. The number of rotatable bonds is 3. The van der Waals surface area contributed by atoms with Gasteiger partial charge in [-0.3, -0.25) is 4.90 Å². The van der Waals surface area contributed by atoms with Gasteiger partial charge in [-0.15, -0.1) is 0 Å². The molecule has 3 N–H and O–H groups in total. The lowest BCUT2D eigenvalue weighted by atomic mass is 9.80. The number of nitrogens with zero attached hydrogens (tertiary/aromatic N) is 1. The third-order valence-corrected chi connectivity index (χ3v) is 4.29. The van der Waals surface area contributed by atoms with E-state index in [1.54, 1.807) is 6.07 Å². The molecule has 1 aromatic carbocycles. The van der Waals surface area contributed by atoms with Gasteiger partial charge in [0.15, 0.2) is 0 Å². The van der Waals surface area contributed by atoms with Gasteiger partial charge in [-0.05, 0) is 35.9 Å². The number of carboxylic acids is 1. The molecule has 0 aliphatic carbocycles. The number of likely N-dealkylation sites (tertiary alicyclic amines) is 1. The Labute approximate surface area is 120 Å². The van der Waals surface area contributed by atoms with Crippen molar-refractivity contribution < 1.29 is 9.90 Å². The number of benzene rings is 1. The maximum atomic E-state index is 11.3. The number of nitrogens with two attached hydrogens (primary N) is 1. The molecular formula is C16H24N2O2. The van der Waals surface area contributed by atoms with Crippen LogP contribution in [0.2, 0.25) is 0 Å². The third kappa shape index (κ3) is 3.12. The van der Waals surface area contributed by atoms with Gasteiger partial charge in [0.05, 0.1) is 5.56 Å². The van der Waals surface area contributed by atoms with Gasteiger partial charge in [0.2, 0.25) is 0 Å². The van der Waals surface area contributed by atoms with Crippen LogP contribution < -0.4 is 5.73 Å². The first-order chi connectivity index (χ1) is 9.29. The summed E-state index contributed by atoms with van der Waals surface area (Å²) in [6.07, 6.45) is 1.17. The maximum Gasteiger partial charge on any atom is 0.338 e. The lowest BCUT2D eigenvalue weighted by Crippen LogP contribution is -2.26. The molecule has 1 fully saturated rings. The molecule has 4 heteroatoms. The van der Waals surface area contributed by atoms with E-state index in [4.69, 9.17) is 5.73 Å². The molecule has 0 amide bonds. The van der Waals surface area contributed by atoms with Crippen LogP contribution in [-0.4, -0.2) is 29.1 Å². The number of carbonyl (C=O) groups is 1. The van der Waals surface area contributed by atoms with E-state index in [1.165, 1.54) is 6.42 Å². The zero-order valence-corrected chi connectivity index (χ0v) is 12.5. The van der Waals surface area contributed by atoms with Gasteiger partial charge >= 0.3 is 5.97 Å². The van der Waals surface area contributed by atoms with Gasteiger partial charge in [0, 0.05) is 18.8 Å². The molecular weight excluding hydrogens is 252 g/mol. The lowest BCUT2D eigenvalue weighted by Gasteiger charge is -2.27. The van der Waals surface area contributed by atoms with E-state index in [0.29, 0.717) is 23.6 Å². The summed E-state index contributed by atoms with van der Waals surface area (Å²) in [6.45, 7) is 9.52. The summed E-state index contributed by atoms with van der Waals surface area (Å²) in [5.74, 6) is -0.276. The second-order valence-corrected chi connectivity index (χ2v) is 6.77. The van der Waals surface area contributed by atoms with E-state index >= 15 is 0 Å². The Bertz CT molecular complexity index is 506. The summed E-state index contributed by atoms with van der Waals surface area (Å²) < 4.78 is 0. The predicted octanol–water partition coefficient (Wildman–Crippen LogP) is 2.83. The summed E-state index contributed by atoms with van der Waals surface area (Å²) in [4.78, 5) is 13.7. The van der Waals surface area contributed by atoms with Crippen LogP contribution in [-0.2, 0) is 6.54 Å². The van der Waals surface area contributed by atoms with Crippen molar-refractivity contribution in [2.24, 2.45) is 11.3 Å². The van der Waals surface area contributed by atoms with Crippen LogP contribution in [0.5, 0.6) is 0 Å². The largest absolute Gasteiger partial charge is 0.478 e. The Kier molecular flexibility index (Phi) is 4.04. The molecule has 1 aliphatic heterocycles. The Hall–Kier alpha value is -1.55. The van der Waals surface area contributed by atoms with Crippen molar-refractivity contribution in [1.29, 1.82) is 0 Å². The number of anilines is 1. The fourth-order valence-electron chi connectivity index (χ4n) is 2.94. The molecule has 1 saturated heterocycles. The van der Waals surface area contributed by atoms with Crippen LogP contribution in [0.3, 0.4) is 0 Å². The van der Waals surface area contributed by atoms with Gasteiger partial charge in [-0.2, -0.15) is 0 Å². The summed E-state index contributed by atoms with van der Waals surface area (Å²) in [5.41, 5.74) is 7.52. The maximum absolute atomic E-state index is 11.3. The van der Waals surface area contributed by atoms with E-state index in [2.05, 4.69) is 25.7 Å². The highest BCUT2D eigenvalue weighted by Gasteiger charge is 2.32. The topological polar surface area (TPSA) is 66.6 Å². The van der Waals surface area contributed by atoms with E-state index in [1.807, 2.05) is 12.1 Å². The average molecular weight is 276 g/mol. The Morgan fingerprint density at radius 3 is 2.70 bits per heavy atom. The minimum atomic E-state index is -0.940. The molecule has 20 heavy (non-hydrogen) atoms. The number of aromatic carboxylic acids is 1. The van der Waals surface area contributed by atoms with E-state index in [9.17, 15) is 9.90 Å². The summed E-state index contributed by atoms with van der Waals surface area (Å²) >= 11 is 0. The molecule has 0 bridgehead atoms. The Morgan fingerprint density at radius 1 is 1.45 bits per heavy atom. The molecule has 4 nitrogen and oxygen atoms in total. The van der Waals surface area contributed by atoms with Gasteiger partial charge in [-0.25, -0.2) is 4.79 Å². The molecule has 0 saturated carbocycles. The molecule has 0 spiro atoms. The highest BCUT2D eigenvalue weighted by Crippen LogP contribution is 2.34. The molecule has 1 unspecified atom stereocenters. The highest BCUT2D eigenvalue weighted by molar-refractivity contribution is 5.95. The van der Waals surface area contributed by atoms with Crippen molar-refractivity contribution >= 4 is 11.7 Å². The normalized spacial score (nSPS) is 20.2. The monoisotopic (exact) mass is 276 g/mol. The SMILES string of the molecule is CC(C)(C)C1CCN(Cc2cccc(N)c2C(=O)O)C1. The quantitative estimate of drug-likeness (QED) is 0.833. The van der Waals surface area contributed by atoms with Crippen molar-refractivity contribution in [3.63, 3.8) is 0 Å². The standard InChI is InChI=1S/C16H24N2O2/c1-16(2,3)12-7-8-18(10-12)9-11-5-4-6-13(17)14(11)15(19)20/h4-6,12H,7-10,17H2,1-3H3,(H,19,20). The molecule has 1 heterocycles.